The van der Waals surface area contributed by atoms with E-state index in [4.69, 9.17) is 19.2 Å². The lowest BCUT2D eigenvalue weighted by Crippen LogP contribution is -2.36. The third-order valence-electron chi connectivity index (χ3n) is 5.40. The molecule has 3 heterocycles. The molecule has 2 aliphatic heterocycles. The fourth-order valence-corrected chi connectivity index (χ4v) is 4.58. The number of H-pyrrole nitrogens is 1. The third-order valence-corrected chi connectivity index (χ3v) is 6.31. The van der Waals surface area contributed by atoms with Gasteiger partial charge in [-0.25, -0.2) is 4.98 Å². The standard InChI is InChI=1S/C21H21N3O3S/c1-2-4-16(5-3-1)21(8-10-25-11-9-21)19-22-20(24-23-19)28-13-15-6-7-17-18(12-15)27-14-26-17/h1-7,12H,8-11,13-14H2,(H,22,23,24). The molecule has 3 aromatic rings. The SMILES string of the molecule is c1ccc(C2(c3nc(SCc4ccc5c(c4)OCO5)n[nH]3)CCOCC2)cc1. The van der Waals surface area contributed by atoms with Crippen LogP contribution in [0.1, 0.15) is 29.8 Å². The van der Waals surface area contributed by atoms with Crippen molar-refractivity contribution in [2.24, 2.45) is 0 Å². The first-order chi connectivity index (χ1) is 13.8. The molecule has 0 aliphatic carbocycles. The van der Waals surface area contributed by atoms with Crippen molar-refractivity contribution in [2.75, 3.05) is 20.0 Å². The van der Waals surface area contributed by atoms with Crippen molar-refractivity contribution in [3.8, 4) is 11.5 Å². The number of fused-ring (bicyclic) bond motifs is 1. The predicted molar refractivity (Wildman–Crippen MR) is 106 cm³/mol. The average molecular weight is 395 g/mol. The van der Waals surface area contributed by atoms with Gasteiger partial charge in [0.15, 0.2) is 11.5 Å². The molecule has 0 spiro atoms. The molecule has 1 aromatic heterocycles. The van der Waals surface area contributed by atoms with Crippen LogP contribution in [-0.2, 0) is 15.9 Å². The van der Waals surface area contributed by atoms with Crippen LogP contribution in [0.15, 0.2) is 53.7 Å². The van der Waals surface area contributed by atoms with E-state index in [9.17, 15) is 0 Å². The first-order valence-electron chi connectivity index (χ1n) is 9.41. The normalized spacial score (nSPS) is 17.6. The summed E-state index contributed by atoms with van der Waals surface area (Å²) in [7, 11) is 0. The Bertz CT molecular complexity index is 955. The summed E-state index contributed by atoms with van der Waals surface area (Å²) in [4.78, 5) is 4.85. The molecule has 28 heavy (non-hydrogen) atoms. The van der Waals surface area contributed by atoms with Crippen molar-refractivity contribution in [2.45, 2.75) is 29.2 Å². The molecule has 7 heteroatoms. The minimum atomic E-state index is -0.163. The number of hydrogen-bond donors (Lipinski definition) is 1. The Kier molecular flexibility index (Phi) is 4.70. The zero-order valence-corrected chi connectivity index (χ0v) is 16.2. The van der Waals surface area contributed by atoms with E-state index in [1.165, 1.54) is 5.56 Å². The van der Waals surface area contributed by atoms with Gasteiger partial charge >= 0.3 is 0 Å². The summed E-state index contributed by atoms with van der Waals surface area (Å²) in [6.07, 6.45) is 1.80. The molecule has 0 amide bonds. The maximum atomic E-state index is 5.63. The summed E-state index contributed by atoms with van der Waals surface area (Å²) < 4.78 is 16.5. The number of aromatic nitrogens is 3. The maximum absolute atomic E-state index is 5.63. The first kappa shape index (κ1) is 17.6. The van der Waals surface area contributed by atoms with E-state index in [0.717, 1.165) is 59.9 Å². The van der Waals surface area contributed by atoms with Crippen molar-refractivity contribution in [1.82, 2.24) is 15.2 Å². The summed E-state index contributed by atoms with van der Waals surface area (Å²) in [5, 5.41) is 8.45. The minimum Gasteiger partial charge on any atom is -0.454 e. The van der Waals surface area contributed by atoms with Crippen LogP contribution in [0.4, 0.5) is 0 Å². The molecule has 1 saturated heterocycles. The van der Waals surface area contributed by atoms with E-state index in [0.29, 0.717) is 6.79 Å². The average Bonchev–Trinajstić information content (AvgIpc) is 3.43. The second kappa shape index (κ2) is 7.48. The van der Waals surface area contributed by atoms with E-state index in [2.05, 4.69) is 40.5 Å². The lowest BCUT2D eigenvalue weighted by Gasteiger charge is -2.35. The topological polar surface area (TPSA) is 69.3 Å². The number of thioether (sulfide) groups is 1. The van der Waals surface area contributed by atoms with Crippen LogP contribution in [0.2, 0.25) is 0 Å². The van der Waals surface area contributed by atoms with Gasteiger partial charge in [0.05, 0.1) is 5.41 Å². The third kappa shape index (κ3) is 3.25. The Balaban J connectivity index is 1.36. The van der Waals surface area contributed by atoms with Crippen molar-refractivity contribution in [3.05, 3.63) is 65.5 Å². The molecule has 0 saturated carbocycles. The van der Waals surface area contributed by atoms with Gasteiger partial charge in [-0.15, -0.1) is 5.10 Å². The number of nitrogens with one attached hydrogen (secondary N) is 1. The number of nitrogens with zero attached hydrogens (tertiary/aromatic N) is 2. The Morgan fingerprint density at radius 3 is 2.68 bits per heavy atom. The maximum Gasteiger partial charge on any atom is 0.231 e. The summed E-state index contributed by atoms with van der Waals surface area (Å²) >= 11 is 1.62. The molecule has 0 bridgehead atoms. The lowest BCUT2D eigenvalue weighted by molar-refractivity contribution is 0.0605. The molecule has 2 aromatic carbocycles. The Labute approximate surface area is 167 Å². The molecule has 0 unspecified atom stereocenters. The van der Waals surface area contributed by atoms with Crippen LogP contribution < -0.4 is 9.47 Å². The summed E-state index contributed by atoms with van der Waals surface area (Å²) in [5.41, 5.74) is 2.26. The van der Waals surface area contributed by atoms with Gasteiger partial charge in [-0.05, 0) is 36.1 Å². The molecule has 1 N–H and O–H groups in total. The Morgan fingerprint density at radius 2 is 1.82 bits per heavy atom. The number of hydrogen-bond acceptors (Lipinski definition) is 6. The van der Waals surface area contributed by atoms with Crippen LogP contribution in [0.3, 0.4) is 0 Å². The fourth-order valence-electron chi connectivity index (χ4n) is 3.84. The molecule has 0 radical (unpaired) electrons. The van der Waals surface area contributed by atoms with E-state index in [1.807, 2.05) is 18.2 Å². The second-order valence-electron chi connectivity index (χ2n) is 7.00. The highest BCUT2D eigenvalue weighted by molar-refractivity contribution is 7.98. The van der Waals surface area contributed by atoms with Gasteiger partial charge in [-0.3, -0.25) is 5.10 Å². The van der Waals surface area contributed by atoms with Gasteiger partial charge in [0.2, 0.25) is 11.9 Å². The smallest absolute Gasteiger partial charge is 0.231 e. The van der Waals surface area contributed by atoms with Gasteiger partial charge in [0.25, 0.3) is 0 Å². The zero-order valence-electron chi connectivity index (χ0n) is 15.4. The fraction of sp³-hybridized carbons (Fsp3) is 0.333. The number of rotatable bonds is 5. The molecule has 5 rings (SSSR count). The van der Waals surface area contributed by atoms with Gasteiger partial charge in [0.1, 0.15) is 5.82 Å². The van der Waals surface area contributed by atoms with Crippen LogP contribution in [0.25, 0.3) is 0 Å². The minimum absolute atomic E-state index is 0.163. The van der Waals surface area contributed by atoms with E-state index >= 15 is 0 Å². The van der Waals surface area contributed by atoms with E-state index < -0.39 is 0 Å². The number of benzene rings is 2. The van der Waals surface area contributed by atoms with Crippen LogP contribution >= 0.6 is 11.8 Å². The second-order valence-corrected chi connectivity index (χ2v) is 7.95. The lowest BCUT2D eigenvalue weighted by atomic mass is 9.73. The van der Waals surface area contributed by atoms with Crippen molar-refractivity contribution in [1.29, 1.82) is 0 Å². The number of ether oxygens (including phenoxy) is 3. The van der Waals surface area contributed by atoms with Crippen molar-refractivity contribution in [3.63, 3.8) is 0 Å². The van der Waals surface area contributed by atoms with Gasteiger partial charge in [-0.1, -0.05) is 48.2 Å². The Morgan fingerprint density at radius 1 is 1.00 bits per heavy atom. The van der Waals surface area contributed by atoms with Crippen molar-refractivity contribution >= 4 is 11.8 Å². The summed E-state index contributed by atoms with van der Waals surface area (Å²) in [6, 6.07) is 16.6. The van der Waals surface area contributed by atoms with Crippen molar-refractivity contribution < 1.29 is 14.2 Å². The molecule has 1 fully saturated rings. The quantitative estimate of drug-likeness (QED) is 0.661. The molecule has 144 valence electrons. The molecule has 6 nitrogen and oxygen atoms in total. The molecule has 2 aliphatic rings. The monoisotopic (exact) mass is 395 g/mol. The van der Waals surface area contributed by atoms with E-state index in [-0.39, 0.29) is 5.41 Å². The largest absolute Gasteiger partial charge is 0.454 e. The first-order valence-corrected chi connectivity index (χ1v) is 10.4. The van der Waals surface area contributed by atoms with Gasteiger partial charge < -0.3 is 14.2 Å². The zero-order chi connectivity index (χ0) is 18.8. The Hall–Kier alpha value is -2.51. The van der Waals surface area contributed by atoms with E-state index in [1.54, 1.807) is 11.8 Å². The molecular formula is C21H21N3O3S. The highest BCUT2D eigenvalue weighted by Crippen LogP contribution is 2.40. The summed E-state index contributed by atoms with van der Waals surface area (Å²) in [6.45, 7) is 1.76. The van der Waals surface area contributed by atoms with Crippen LogP contribution in [0, 0.1) is 0 Å². The van der Waals surface area contributed by atoms with Gasteiger partial charge in [0, 0.05) is 19.0 Å². The number of aromatic amines is 1. The summed E-state index contributed by atoms with van der Waals surface area (Å²) in [5.74, 6) is 3.31. The van der Waals surface area contributed by atoms with Crippen LogP contribution in [0.5, 0.6) is 11.5 Å². The van der Waals surface area contributed by atoms with Crippen LogP contribution in [-0.4, -0.2) is 35.2 Å². The predicted octanol–water partition coefficient (Wildman–Crippen LogP) is 3.92. The highest BCUT2D eigenvalue weighted by atomic mass is 32.2. The molecule has 0 atom stereocenters. The molecular weight excluding hydrogens is 374 g/mol. The highest BCUT2D eigenvalue weighted by Gasteiger charge is 2.39. The van der Waals surface area contributed by atoms with Gasteiger partial charge in [-0.2, -0.15) is 0 Å².